The van der Waals surface area contributed by atoms with Crippen LogP contribution in [0.15, 0.2) is 24.3 Å². The standard InChI is InChI=1S/C19H21N3O2/c20-11-15-2-1-3-16(10-15)17(23)21-8-6-19(7-9-21)13-22(18(19)24)12-14-4-5-14/h1-3,10,14H,4-9,12-13H2. The maximum absolute atomic E-state index is 12.6. The summed E-state index contributed by atoms with van der Waals surface area (Å²) in [5.74, 6) is 0.997. The van der Waals surface area contributed by atoms with Gasteiger partial charge in [-0.15, -0.1) is 0 Å². The van der Waals surface area contributed by atoms with Crippen LogP contribution in [0.2, 0.25) is 0 Å². The predicted octanol–water partition coefficient (Wildman–Crippen LogP) is 2.03. The van der Waals surface area contributed by atoms with Gasteiger partial charge in [0, 0.05) is 31.7 Å². The van der Waals surface area contributed by atoms with Crippen LogP contribution in [-0.2, 0) is 4.79 Å². The number of amides is 2. The molecule has 3 aliphatic rings. The van der Waals surface area contributed by atoms with Gasteiger partial charge in [0.2, 0.25) is 5.91 Å². The van der Waals surface area contributed by atoms with Gasteiger partial charge in [-0.05, 0) is 49.8 Å². The summed E-state index contributed by atoms with van der Waals surface area (Å²) in [5.41, 5.74) is 0.847. The van der Waals surface area contributed by atoms with Gasteiger partial charge in [-0.25, -0.2) is 0 Å². The minimum absolute atomic E-state index is 0.0384. The summed E-state index contributed by atoms with van der Waals surface area (Å²) < 4.78 is 0. The summed E-state index contributed by atoms with van der Waals surface area (Å²) >= 11 is 0. The van der Waals surface area contributed by atoms with Crippen molar-refractivity contribution in [3.8, 4) is 6.07 Å². The Kier molecular flexibility index (Phi) is 3.56. The SMILES string of the molecule is N#Cc1cccc(C(=O)N2CCC3(CC2)CN(CC2CC2)C3=O)c1. The summed E-state index contributed by atoms with van der Waals surface area (Å²) in [5, 5.41) is 8.97. The van der Waals surface area contributed by atoms with Crippen molar-refractivity contribution in [3.05, 3.63) is 35.4 Å². The number of hydrogen-bond donors (Lipinski definition) is 0. The first kappa shape index (κ1) is 15.2. The van der Waals surface area contributed by atoms with Crippen LogP contribution in [0.1, 0.15) is 41.6 Å². The van der Waals surface area contributed by atoms with E-state index in [-0.39, 0.29) is 11.3 Å². The van der Waals surface area contributed by atoms with E-state index in [1.807, 2.05) is 9.80 Å². The second-order valence-electron chi connectivity index (χ2n) is 7.39. The third-order valence-electron chi connectivity index (χ3n) is 5.66. The largest absolute Gasteiger partial charge is 0.341 e. The molecule has 5 heteroatoms. The molecule has 0 atom stereocenters. The first-order valence-corrected chi connectivity index (χ1v) is 8.70. The molecule has 1 aromatic carbocycles. The van der Waals surface area contributed by atoms with Gasteiger partial charge in [-0.1, -0.05) is 6.07 Å². The van der Waals surface area contributed by atoms with Crippen LogP contribution >= 0.6 is 0 Å². The van der Waals surface area contributed by atoms with Crippen molar-refractivity contribution in [3.63, 3.8) is 0 Å². The lowest BCUT2D eigenvalue weighted by Gasteiger charge is -2.52. The second-order valence-corrected chi connectivity index (χ2v) is 7.39. The molecule has 0 radical (unpaired) electrons. The Morgan fingerprint density at radius 1 is 1.29 bits per heavy atom. The number of nitrogens with zero attached hydrogens (tertiary/aromatic N) is 3. The van der Waals surface area contributed by atoms with Gasteiger partial charge in [0.05, 0.1) is 17.0 Å². The molecular weight excluding hydrogens is 302 g/mol. The van der Waals surface area contributed by atoms with E-state index in [4.69, 9.17) is 5.26 Å². The molecule has 1 aromatic rings. The number of piperidine rings is 1. The van der Waals surface area contributed by atoms with Crippen LogP contribution in [0, 0.1) is 22.7 Å². The number of rotatable bonds is 3. The molecule has 124 valence electrons. The number of nitriles is 1. The zero-order chi connectivity index (χ0) is 16.7. The van der Waals surface area contributed by atoms with E-state index in [2.05, 4.69) is 6.07 Å². The van der Waals surface area contributed by atoms with Crippen molar-refractivity contribution in [1.82, 2.24) is 9.80 Å². The highest BCUT2D eigenvalue weighted by atomic mass is 16.2. The van der Waals surface area contributed by atoms with E-state index in [9.17, 15) is 9.59 Å². The lowest BCUT2D eigenvalue weighted by molar-refractivity contribution is -0.165. The van der Waals surface area contributed by atoms with E-state index in [0.717, 1.165) is 31.8 Å². The van der Waals surface area contributed by atoms with E-state index in [0.29, 0.717) is 30.1 Å². The Balaban J connectivity index is 1.37. The molecule has 1 aliphatic carbocycles. The van der Waals surface area contributed by atoms with Crippen molar-refractivity contribution in [2.24, 2.45) is 11.3 Å². The molecule has 2 amide bonds. The fourth-order valence-corrected chi connectivity index (χ4v) is 3.92. The molecule has 1 spiro atoms. The quantitative estimate of drug-likeness (QED) is 0.800. The van der Waals surface area contributed by atoms with E-state index >= 15 is 0 Å². The number of benzene rings is 1. The fraction of sp³-hybridized carbons (Fsp3) is 0.526. The van der Waals surface area contributed by atoms with Crippen LogP contribution < -0.4 is 0 Å². The van der Waals surface area contributed by atoms with Gasteiger partial charge < -0.3 is 9.80 Å². The Morgan fingerprint density at radius 2 is 2.04 bits per heavy atom. The Bertz CT molecular complexity index is 724. The Hall–Kier alpha value is -2.35. The summed E-state index contributed by atoms with van der Waals surface area (Å²) in [7, 11) is 0. The van der Waals surface area contributed by atoms with Crippen molar-refractivity contribution >= 4 is 11.8 Å². The molecule has 0 N–H and O–H groups in total. The molecule has 2 heterocycles. The second kappa shape index (κ2) is 5.62. The van der Waals surface area contributed by atoms with Crippen molar-refractivity contribution in [2.75, 3.05) is 26.2 Å². The Morgan fingerprint density at radius 3 is 2.67 bits per heavy atom. The first-order valence-electron chi connectivity index (χ1n) is 8.70. The van der Waals surface area contributed by atoms with Gasteiger partial charge in [0.15, 0.2) is 0 Å². The monoisotopic (exact) mass is 323 g/mol. The van der Waals surface area contributed by atoms with Gasteiger partial charge in [-0.3, -0.25) is 9.59 Å². The topological polar surface area (TPSA) is 64.4 Å². The number of hydrogen-bond acceptors (Lipinski definition) is 3. The number of carbonyl (C=O) groups is 2. The average Bonchev–Trinajstić information content (AvgIpc) is 3.45. The smallest absolute Gasteiger partial charge is 0.253 e. The van der Waals surface area contributed by atoms with Gasteiger partial charge in [0.1, 0.15) is 0 Å². The molecule has 0 bridgehead atoms. The molecular formula is C19H21N3O2. The zero-order valence-corrected chi connectivity index (χ0v) is 13.7. The first-order chi connectivity index (χ1) is 11.6. The average molecular weight is 323 g/mol. The predicted molar refractivity (Wildman–Crippen MR) is 88.0 cm³/mol. The molecule has 0 unspecified atom stereocenters. The zero-order valence-electron chi connectivity index (χ0n) is 13.7. The van der Waals surface area contributed by atoms with Crippen molar-refractivity contribution in [1.29, 1.82) is 5.26 Å². The van der Waals surface area contributed by atoms with Crippen LogP contribution in [0.25, 0.3) is 0 Å². The van der Waals surface area contributed by atoms with Crippen LogP contribution in [-0.4, -0.2) is 47.8 Å². The lowest BCUT2D eigenvalue weighted by atomic mass is 9.71. The van der Waals surface area contributed by atoms with Crippen LogP contribution in [0.5, 0.6) is 0 Å². The molecule has 2 saturated heterocycles. The lowest BCUT2D eigenvalue weighted by Crippen LogP contribution is -2.65. The minimum atomic E-state index is -0.208. The van der Waals surface area contributed by atoms with Crippen LogP contribution in [0.4, 0.5) is 0 Å². The summed E-state index contributed by atoms with van der Waals surface area (Å²) in [6, 6.07) is 8.89. The summed E-state index contributed by atoms with van der Waals surface area (Å²) in [6.07, 6.45) is 4.05. The number of β-lactam (4-membered cyclic amide) rings is 1. The highest BCUT2D eigenvalue weighted by molar-refractivity contribution is 5.95. The minimum Gasteiger partial charge on any atom is -0.341 e. The summed E-state index contributed by atoms with van der Waals surface area (Å²) in [4.78, 5) is 28.9. The third-order valence-corrected chi connectivity index (χ3v) is 5.66. The molecule has 4 rings (SSSR count). The highest BCUT2D eigenvalue weighted by Gasteiger charge is 2.53. The molecule has 3 fully saturated rings. The highest BCUT2D eigenvalue weighted by Crippen LogP contribution is 2.44. The number of carbonyl (C=O) groups excluding carboxylic acids is 2. The summed E-state index contributed by atoms with van der Waals surface area (Å²) in [6.45, 7) is 3.05. The molecule has 5 nitrogen and oxygen atoms in total. The van der Waals surface area contributed by atoms with Gasteiger partial charge >= 0.3 is 0 Å². The van der Waals surface area contributed by atoms with Gasteiger partial charge in [-0.2, -0.15) is 5.26 Å². The van der Waals surface area contributed by atoms with Crippen molar-refractivity contribution < 1.29 is 9.59 Å². The van der Waals surface area contributed by atoms with Crippen molar-refractivity contribution in [2.45, 2.75) is 25.7 Å². The Labute approximate surface area is 141 Å². The normalized spacial score (nSPS) is 22.2. The van der Waals surface area contributed by atoms with E-state index < -0.39 is 0 Å². The van der Waals surface area contributed by atoms with E-state index in [1.165, 1.54) is 12.8 Å². The van der Waals surface area contributed by atoms with Gasteiger partial charge in [0.25, 0.3) is 5.91 Å². The molecule has 1 saturated carbocycles. The maximum atomic E-state index is 12.6. The molecule has 0 aromatic heterocycles. The van der Waals surface area contributed by atoms with Crippen LogP contribution in [0.3, 0.4) is 0 Å². The maximum Gasteiger partial charge on any atom is 0.253 e. The molecule has 24 heavy (non-hydrogen) atoms. The van der Waals surface area contributed by atoms with E-state index in [1.54, 1.807) is 24.3 Å². The number of likely N-dealkylation sites (tertiary alicyclic amines) is 2. The molecule has 2 aliphatic heterocycles. The fourth-order valence-electron chi connectivity index (χ4n) is 3.92. The third kappa shape index (κ3) is 2.56.